The Morgan fingerprint density at radius 2 is 1.58 bits per heavy atom. The van der Waals surface area contributed by atoms with E-state index in [0.717, 1.165) is 0 Å². The number of methoxy groups -OCH3 is 1. The fourth-order valence-electron chi connectivity index (χ4n) is 3.25. The fourth-order valence-corrected chi connectivity index (χ4v) is 3.25. The molecule has 1 heterocycles. The van der Waals surface area contributed by atoms with Gasteiger partial charge in [0.1, 0.15) is 11.3 Å². The Labute approximate surface area is 132 Å². The number of hydrogen-bond acceptors (Lipinski definition) is 7. The number of ether oxygens (including phenoxy) is 1. The third-order valence-corrected chi connectivity index (χ3v) is 4.27. The quantitative estimate of drug-likeness (QED) is 0.309. The number of hydrogen-bond donors (Lipinski definition) is 2. The topological polar surface area (TPSA) is 114 Å². The Bertz CT molecular complexity index is 1320. The summed E-state index contributed by atoms with van der Waals surface area (Å²) in [5, 5.41) is 20.2. The van der Waals surface area contributed by atoms with Crippen molar-refractivity contribution in [2.75, 3.05) is 7.11 Å². The average Bonchev–Trinajstić information content (AvgIpc) is 2.52. The van der Waals surface area contributed by atoms with Gasteiger partial charge >= 0.3 is 5.63 Å². The van der Waals surface area contributed by atoms with E-state index in [1.54, 1.807) is 6.92 Å². The summed E-state index contributed by atoms with van der Waals surface area (Å²) in [4.78, 5) is 37.2. The normalized spacial score (nSPS) is 11.8. The lowest BCUT2D eigenvalue weighted by Crippen LogP contribution is -2.25. The van der Waals surface area contributed by atoms with Gasteiger partial charge in [0.25, 0.3) is 0 Å². The summed E-state index contributed by atoms with van der Waals surface area (Å²) < 4.78 is 10.2. The second-order valence-electron chi connectivity index (χ2n) is 5.56. The fraction of sp³-hybridized carbons (Fsp3) is 0.118. The van der Waals surface area contributed by atoms with E-state index in [1.165, 1.54) is 19.2 Å². The molecule has 2 N–H and O–H groups in total. The number of aryl methyl sites for hydroxylation is 1. The first kappa shape index (κ1) is 14.3. The van der Waals surface area contributed by atoms with Crippen LogP contribution in [0.5, 0.6) is 17.2 Å². The molecule has 0 radical (unpaired) electrons. The molecule has 0 spiro atoms. The Kier molecular flexibility index (Phi) is 2.58. The van der Waals surface area contributed by atoms with E-state index in [9.17, 15) is 24.6 Å². The van der Waals surface area contributed by atoms with E-state index < -0.39 is 28.0 Å². The van der Waals surface area contributed by atoms with E-state index >= 15 is 0 Å². The van der Waals surface area contributed by atoms with Gasteiger partial charge in [-0.2, -0.15) is 0 Å². The Morgan fingerprint density at radius 1 is 0.917 bits per heavy atom. The van der Waals surface area contributed by atoms with Crippen molar-refractivity contribution in [2.24, 2.45) is 0 Å². The molecule has 0 saturated heterocycles. The zero-order chi connectivity index (χ0) is 17.3. The lowest BCUT2D eigenvalue weighted by atomic mass is 9.94. The maximum absolute atomic E-state index is 12.5. The summed E-state index contributed by atoms with van der Waals surface area (Å²) in [6.45, 7) is 1.57. The molecule has 7 nitrogen and oxygen atoms in total. The van der Waals surface area contributed by atoms with Crippen molar-refractivity contribution >= 4 is 32.5 Å². The minimum atomic E-state index is -1.00. The monoisotopic (exact) mass is 326 g/mol. The lowest BCUT2D eigenvalue weighted by molar-refractivity contribution is 0.376. The zero-order valence-electron chi connectivity index (χ0n) is 12.6. The van der Waals surface area contributed by atoms with E-state index in [0.29, 0.717) is 5.56 Å². The molecular weight excluding hydrogens is 316 g/mol. The molecule has 120 valence electrons. The van der Waals surface area contributed by atoms with Gasteiger partial charge in [0.05, 0.1) is 23.3 Å². The predicted octanol–water partition coefficient (Wildman–Crippen LogP) is 1.42. The number of benzene rings is 3. The molecular formula is C17H10O7. The van der Waals surface area contributed by atoms with Crippen molar-refractivity contribution in [2.45, 2.75) is 6.92 Å². The van der Waals surface area contributed by atoms with Crippen molar-refractivity contribution in [3.63, 3.8) is 0 Å². The van der Waals surface area contributed by atoms with Gasteiger partial charge in [0, 0.05) is 16.8 Å². The molecule has 24 heavy (non-hydrogen) atoms. The standard InChI is InChI=1S/C17H10O7/c1-5-3-6(18)10-12-9(5)17(22)24-7-4-8(23-2)14(19)13(11(7)12)16(21)15(10)20/h3-4,18-19H,1-2H3. The van der Waals surface area contributed by atoms with Gasteiger partial charge < -0.3 is 19.4 Å². The summed E-state index contributed by atoms with van der Waals surface area (Å²) in [6, 6.07) is 2.50. The maximum atomic E-state index is 12.5. The van der Waals surface area contributed by atoms with Crippen molar-refractivity contribution in [3.8, 4) is 17.2 Å². The first-order valence-corrected chi connectivity index (χ1v) is 6.98. The van der Waals surface area contributed by atoms with Gasteiger partial charge in [0.2, 0.25) is 10.9 Å². The molecule has 0 amide bonds. The number of phenolic OH excluding ortho intramolecular Hbond substituents is 2. The largest absolute Gasteiger partial charge is 0.507 e. The molecule has 7 heteroatoms. The van der Waals surface area contributed by atoms with Crippen LogP contribution in [-0.4, -0.2) is 17.3 Å². The van der Waals surface area contributed by atoms with Gasteiger partial charge in [-0.3, -0.25) is 9.59 Å². The number of rotatable bonds is 1. The smallest absolute Gasteiger partial charge is 0.344 e. The van der Waals surface area contributed by atoms with E-state index in [1.807, 2.05) is 0 Å². The molecule has 0 bridgehead atoms. The summed E-state index contributed by atoms with van der Waals surface area (Å²) >= 11 is 0. The highest BCUT2D eigenvalue weighted by Crippen LogP contribution is 2.41. The molecule has 4 aromatic rings. The maximum Gasteiger partial charge on any atom is 0.344 e. The lowest BCUT2D eigenvalue weighted by Gasteiger charge is -2.13. The molecule has 0 aliphatic rings. The summed E-state index contributed by atoms with van der Waals surface area (Å²) in [5.74, 6) is -1.00. The molecule has 3 aromatic carbocycles. The van der Waals surface area contributed by atoms with Crippen LogP contribution >= 0.6 is 0 Å². The molecule has 0 unspecified atom stereocenters. The predicted molar refractivity (Wildman–Crippen MR) is 87.0 cm³/mol. The highest BCUT2D eigenvalue weighted by molar-refractivity contribution is 6.24. The third kappa shape index (κ3) is 1.48. The average molecular weight is 326 g/mol. The van der Waals surface area contributed by atoms with Gasteiger partial charge in [-0.05, 0) is 18.6 Å². The first-order chi connectivity index (χ1) is 11.4. The Hall–Kier alpha value is -3.35. The second kappa shape index (κ2) is 4.35. The van der Waals surface area contributed by atoms with Crippen LogP contribution < -0.4 is 21.2 Å². The highest BCUT2D eigenvalue weighted by atomic mass is 16.5. The summed E-state index contributed by atoms with van der Waals surface area (Å²) in [5.41, 5.74) is -2.33. The summed E-state index contributed by atoms with van der Waals surface area (Å²) in [7, 11) is 1.27. The van der Waals surface area contributed by atoms with Crippen LogP contribution in [0.25, 0.3) is 32.5 Å². The number of aromatic hydroxyl groups is 2. The molecule has 0 aliphatic heterocycles. The van der Waals surface area contributed by atoms with Crippen LogP contribution in [0, 0.1) is 6.92 Å². The van der Waals surface area contributed by atoms with E-state index in [4.69, 9.17) is 9.15 Å². The first-order valence-electron chi connectivity index (χ1n) is 6.98. The molecule has 4 rings (SSSR count). The third-order valence-electron chi connectivity index (χ3n) is 4.27. The van der Waals surface area contributed by atoms with Gasteiger partial charge in [-0.1, -0.05) is 0 Å². The van der Waals surface area contributed by atoms with Crippen molar-refractivity contribution in [1.29, 1.82) is 0 Å². The SMILES string of the molecule is COc1cc2oc(=O)c3c(C)cc(O)c4c(=O)c(=O)c(c1O)c2c34. The van der Waals surface area contributed by atoms with Crippen LogP contribution in [0.2, 0.25) is 0 Å². The molecule has 0 saturated carbocycles. The highest BCUT2D eigenvalue weighted by Gasteiger charge is 2.25. The second-order valence-corrected chi connectivity index (χ2v) is 5.56. The minimum Gasteiger partial charge on any atom is -0.507 e. The molecule has 1 aromatic heterocycles. The minimum absolute atomic E-state index is 0.00995. The van der Waals surface area contributed by atoms with Gasteiger partial charge in [-0.15, -0.1) is 0 Å². The molecule has 0 fully saturated rings. The van der Waals surface area contributed by atoms with E-state index in [2.05, 4.69) is 0 Å². The number of phenols is 2. The van der Waals surface area contributed by atoms with Crippen LogP contribution in [0.1, 0.15) is 5.56 Å². The van der Waals surface area contributed by atoms with Gasteiger partial charge in [-0.25, -0.2) is 4.79 Å². The van der Waals surface area contributed by atoms with E-state index in [-0.39, 0.29) is 38.3 Å². The molecule has 0 atom stereocenters. The van der Waals surface area contributed by atoms with Crippen LogP contribution in [0.15, 0.2) is 30.9 Å². The van der Waals surface area contributed by atoms with Crippen molar-refractivity contribution in [1.82, 2.24) is 0 Å². The van der Waals surface area contributed by atoms with Crippen molar-refractivity contribution in [3.05, 3.63) is 48.6 Å². The van der Waals surface area contributed by atoms with Crippen LogP contribution in [0.3, 0.4) is 0 Å². The van der Waals surface area contributed by atoms with Crippen LogP contribution in [0.4, 0.5) is 0 Å². The summed E-state index contributed by atoms with van der Waals surface area (Å²) in [6.07, 6.45) is 0. The zero-order valence-corrected chi connectivity index (χ0v) is 12.6. The van der Waals surface area contributed by atoms with Gasteiger partial charge in [0.15, 0.2) is 11.5 Å². The van der Waals surface area contributed by atoms with Crippen LogP contribution in [-0.2, 0) is 0 Å². The van der Waals surface area contributed by atoms with Crippen molar-refractivity contribution < 1.29 is 19.4 Å². The Morgan fingerprint density at radius 3 is 2.25 bits per heavy atom. The molecule has 0 aliphatic carbocycles. The Balaban J connectivity index is 2.59.